The molecule has 5 rings (SSSR count). The van der Waals surface area contributed by atoms with Gasteiger partial charge in [-0.2, -0.15) is 5.26 Å². The molecule has 7 heteroatoms. The molecule has 2 aromatic carbocycles. The highest BCUT2D eigenvalue weighted by Gasteiger charge is 2.18. The van der Waals surface area contributed by atoms with Crippen LogP contribution in [0, 0.1) is 17.1 Å². The van der Waals surface area contributed by atoms with Crippen molar-refractivity contribution in [3.05, 3.63) is 102 Å². The van der Waals surface area contributed by atoms with Crippen molar-refractivity contribution in [3.63, 3.8) is 0 Å². The summed E-state index contributed by atoms with van der Waals surface area (Å²) in [5.41, 5.74) is 5.58. The number of nitriles is 1. The highest BCUT2D eigenvalue weighted by Crippen LogP contribution is 2.33. The number of benzene rings is 2. The number of aromatic nitrogens is 4. The van der Waals surface area contributed by atoms with E-state index in [1.807, 2.05) is 47.0 Å². The number of nitrogens with one attached hydrogen (secondary N) is 1. The molecule has 6 nitrogen and oxygen atoms in total. The molecule has 3 aromatic heterocycles. The molecule has 0 amide bonds. The summed E-state index contributed by atoms with van der Waals surface area (Å²) in [5, 5.41) is 12.4. The summed E-state index contributed by atoms with van der Waals surface area (Å²) in [4.78, 5) is 14.0. The Morgan fingerprint density at radius 3 is 2.59 bits per heavy atom. The lowest BCUT2D eigenvalue weighted by molar-refractivity contribution is 0.628. The number of nitrogens with zero attached hydrogens (tertiary/aromatic N) is 5. The molecule has 5 aromatic rings. The molecule has 0 aliphatic carbocycles. The monoisotopic (exact) mass is 448 g/mol. The van der Waals surface area contributed by atoms with Crippen LogP contribution in [0.25, 0.3) is 28.3 Å². The molecule has 0 aliphatic heterocycles. The van der Waals surface area contributed by atoms with Gasteiger partial charge in [0.05, 0.1) is 35.6 Å². The van der Waals surface area contributed by atoms with Gasteiger partial charge in [0.2, 0.25) is 5.95 Å². The summed E-state index contributed by atoms with van der Waals surface area (Å²) >= 11 is 0. The van der Waals surface area contributed by atoms with Gasteiger partial charge in [-0.05, 0) is 60.5 Å². The van der Waals surface area contributed by atoms with Crippen LogP contribution >= 0.6 is 0 Å². The zero-order chi connectivity index (χ0) is 23.5. The van der Waals surface area contributed by atoms with Crippen LogP contribution in [0.15, 0.2) is 85.2 Å². The molecule has 34 heavy (non-hydrogen) atoms. The first-order valence-electron chi connectivity index (χ1n) is 10.9. The average molecular weight is 449 g/mol. The van der Waals surface area contributed by atoms with E-state index in [2.05, 4.69) is 35.4 Å². The Kier molecular flexibility index (Phi) is 5.71. The number of fused-ring (bicyclic) bond motifs is 1. The fourth-order valence-electron chi connectivity index (χ4n) is 3.92. The highest BCUT2D eigenvalue weighted by molar-refractivity contribution is 5.80. The third-order valence-corrected chi connectivity index (χ3v) is 5.63. The topological polar surface area (TPSA) is 78.9 Å². The molecule has 0 unspecified atom stereocenters. The molecule has 1 N–H and O–H groups in total. The lowest BCUT2D eigenvalue weighted by Gasteiger charge is -2.15. The van der Waals surface area contributed by atoms with E-state index in [1.165, 1.54) is 12.1 Å². The maximum absolute atomic E-state index is 13.6. The molecule has 0 radical (unpaired) electrons. The SMILES string of the molecule is C[C@H](Nc1nccc(-c2c(-c3ccc(F)cc3)nc3cc(CC#N)ccn23)n1)c1ccccc1. The molecular weight excluding hydrogens is 427 g/mol. The van der Waals surface area contributed by atoms with Crippen LogP contribution in [0.2, 0.25) is 0 Å². The lowest BCUT2D eigenvalue weighted by Crippen LogP contribution is -2.09. The Labute approximate surface area is 196 Å². The average Bonchev–Trinajstić information content (AvgIpc) is 3.24. The van der Waals surface area contributed by atoms with Crippen molar-refractivity contribution in [2.75, 3.05) is 5.32 Å². The van der Waals surface area contributed by atoms with E-state index in [0.29, 0.717) is 29.4 Å². The summed E-state index contributed by atoms with van der Waals surface area (Å²) < 4.78 is 15.5. The molecule has 0 saturated carbocycles. The number of halogens is 1. The fraction of sp³-hybridized carbons (Fsp3) is 0.111. The van der Waals surface area contributed by atoms with Gasteiger partial charge < -0.3 is 5.32 Å². The minimum absolute atomic E-state index is 0.0174. The van der Waals surface area contributed by atoms with Gasteiger partial charge in [0, 0.05) is 18.0 Å². The van der Waals surface area contributed by atoms with Gasteiger partial charge >= 0.3 is 0 Å². The fourth-order valence-corrected chi connectivity index (χ4v) is 3.92. The second kappa shape index (κ2) is 9.12. The van der Waals surface area contributed by atoms with Gasteiger partial charge in [0.1, 0.15) is 11.5 Å². The van der Waals surface area contributed by atoms with Crippen LogP contribution in [-0.2, 0) is 6.42 Å². The molecule has 0 spiro atoms. The van der Waals surface area contributed by atoms with E-state index in [9.17, 15) is 4.39 Å². The Hall–Kier alpha value is -4.57. The highest BCUT2D eigenvalue weighted by atomic mass is 19.1. The van der Waals surface area contributed by atoms with Crippen molar-refractivity contribution in [3.8, 4) is 28.7 Å². The molecule has 166 valence electrons. The van der Waals surface area contributed by atoms with Crippen molar-refractivity contribution in [2.24, 2.45) is 0 Å². The van der Waals surface area contributed by atoms with Crippen LogP contribution in [0.5, 0.6) is 0 Å². The van der Waals surface area contributed by atoms with E-state index >= 15 is 0 Å². The maximum atomic E-state index is 13.6. The molecule has 0 saturated heterocycles. The number of anilines is 1. The Bertz CT molecular complexity index is 1490. The van der Waals surface area contributed by atoms with E-state index in [-0.39, 0.29) is 11.9 Å². The van der Waals surface area contributed by atoms with Gasteiger partial charge in [-0.25, -0.2) is 19.3 Å². The molecular formula is C27H21FN6. The molecule has 0 bridgehead atoms. The number of hydrogen-bond acceptors (Lipinski definition) is 5. The van der Waals surface area contributed by atoms with Gasteiger partial charge in [-0.3, -0.25) is 4.40 Å². The number of rotatable bonds is 6. The minimum Gasteiger partial charge on any atom is -0.348 e. The van der Waals surface area contributed by atoms with Crippen molar-refractivity contribution >= 4 is 11.6 Å². The van der Waals surface area contributed by atoms with Gasteiger partial charge in [0.25, 0.3) is 0 Å². The van der Waals surface area contributed by atoms with E-state index < -0.39 is 0 Å². The van der Waals surface area contributed by atoms with Crippen LogP contribution in [-0.4, -0.2) is 19.4 Å². The summed E-state index contributed by atoms with van der Waals surface area (Å²) in [6, 6.07) is 24.1. The summed E-state index contributed by atoms with van der Waals surface area (Å²) in [5.74, 6) is 0.184. The zero-order valence-electron chi connectivity index (χ0n) is 18.5. The van der Waals surface area contributed by atoms with E-state index in [4.69, 9.17) is 15.2 Å². The normalized spacial score (nSPS) is 11.8. The van der Waals surface area contributed by atoms with Crippen LogP contribution in [0.3, 0.4) is 0 Å². The quantitative estimate of drug-likeness (QED) is 0.353. The van der Waals surface area contributed by atoms with Crippen molar-refractivity contribution in [1.82, 2.24) is 19.4 Å². The smallest absolute Gasteiger partial charge is 0.223 e. The molecule has 1 atom stereocenters. The summed E-state index contributed by atoms with van der Waals surface area (Å²) in [6.07, 6.45) is 3.89. The first-order chi connectivity index (χ1) is 16.6. The van der Waals surface area contributed by atoms with Crippen molar-refractivity contribution < 1.29 is 4.39 Å². The Balaban J connectivity index is 1.61. The predicted molar refractivity (Wildman–Crippen MR) is 129 cm³/mol. The summed E-state index contributed by atoms with van der Waals surface area (Å²) in [7, 11) is 0. The van der Waals surface area contributed by atoms with Crippen LogP contribution < -0.4 is 5.32 Å². The third kappa shape index (κ3) is 4.21. The van der Waals surface area contributed by atoms with Crippen molar-refractivity contribution in [2.45, 2.75) is 19.4 Å². The van der Waals surface area contributed by atoms with Gasteiger partial charge in [0.15, 0.2) is 0 Å². The number of imidazole rings is 1. The summed E-state index contributed by atoms with van der Waals surface area (Å²) in [6.45, 7) is 2.06. The zero-order valence-corrected chi connectivity index (χ0v) is 18.5. The largest absolute Gasteiger partial charge is 0.348 e. The molecule has 0 fully saturated rings. The molecule has 0 aliphatic rings. The van der Waals surface area contributed by atoms with E-state index in [0.717, 1.165) is 22.4 Å². The second-order valence-corrected chi connectivity index (χ2v) is 7.96. The van der Waals surface area contributed by atoms with Gasteiger partial charge in [-0.1, -0.05) is 30.3 Å². The van der Waals surface area contributed by atoms with Crippen molar-refractivity contribution in [1.29, 1.82) is 5.26 Å². The van der Waals surface area contributed by atoms with Gasteiger partial charge in [-0.15, -0.1) is 0 Å². The number of hydrogen-bond donors (Lipinski definition) is 1. The molecule has 3 heterocycles. The van der Waals surface area contributed by atoms with E-state index in [1.54, 1.807) is 18.3 Å². The minimum atomic E-state index is -0.311. The lowest BCUT2D eigenvalue weighted by atomic mass is 10.1. The Morgan fingerprint density at radius 1 is 1.03 bits per heavy atom. The number of pyridine rings is 1. The first kappa shape index (κ1) is 21.3. The third-order valence-electron chi connectivity index (χ3n) is 5.63. The first-order valence-corrected chi connectivity index (χ1v) is 10.9. The maximum Gasteiger partial charge on any atom is 0.223 e. The Morgan fingerprint density at radius 2 is 1.82 bits per heavy atom. The van der Waals surface area contributed by atoms with Crippen LogP contribution in [0.1, 0.15) is 24.1 Å². The van der Waals surface area contributed by atoms with Crippen LogP contribution in [0.4, 0.5) is 10.3 Å². The standard InChI is InChI=1S/C27H21FN6/c1-18(20-5-3-2-4-6-20)31-27-30-15-12-23(32-27)26-25(21-7-9-22(28)10-8-21)33-24-17-19(11-14-29)13-16-34(24)26/h2-10,12-13,15-18H,11H2,1H3,(H,30,31,32)/t18-/m0/s1. The predicted octanol–water partition coefficient (Wildman–Crippen LogP) is 5.84. The second-order valence-electron chi connectivity index (χ2n) is 7.96.